The zero-order chi connectivity index (χ0) is 17.4. The van der Waals surface area contributed by atoms with Crippen molar-refractivity contribution >= 4 is 0 Å². The molecule has 2 rings (SSSR count). The van der Waals surface area contributed by atoms with Crippen molar-refractivity contribution < 1.29 is 0 Å². The van der Waals surface area contributed by atoms with Gasteiger partial charge in [-0.3, -0.25) is 0 Å². The van der Waals surface area contributed by atoms with Gasteiger partial charge in [0.15, 0.2) is 0 Å². The molecule has 0 amide bonds. The minimum absolute atomic E-state index is 1.38. The molecule has 1 aromatic carbocycles. The molecule has 1 aromatic heterocycles. The van der Waals surface area contributed by atoms with E-state index in [-0.39, 0.29) is 0 Å². The first kappa shape index (κ1) is 18.5. The second kappa shape index (κ2) is 6.73. The summed E-state index contributed by atoms with van der Waals surface area (Å²) in [6.45, 7) is 22.0. The summed E-state index contributed by atoms with van der Waals surface area (Å²) in [7, 11) is 2.12. The monoisotopic (exact) mass is 299 g/mol. The van der Waals surface area contributed by atoms with Crippen molar-refractivity contribution in [3.8, 4) is 0 Å². The summed E-state index contributed by atoms with van der Waals surface area (Å²) in [6, 6.07) is 0. The molecule has 0 saturated carbocycles. The molecule has 0 N–H and O–H groups in total. The Morgan fingerprint density at radius 1 is 0.364 bits per heavy atom. The maximum atomic E-state index is 2.24. The summed E-state index contributed by atoms with van der Waals surface area (Å²) in [5.74, 6) is 0. The first-order valence-corrected chi connectivity index (χ1v) is 8.14. The van der Waals surface area contributed by atoms with E-state index in [9.17, 15) is 0 Å². The van der Waals surface area contributed by atoms with Crippen LogP contribution in [0.2, 0.25) is 0 Å². The van der Waals surface area contributed by atoms with Crippen LogP contribution in [0.3, 0.4) is 0 Å². The number of nitrogens with zero attached hydrogens (tertiary/aromatic N) is 1. The highest BCUT2D eigenvalue weighted by Gasteiger charge is 2.08. The SMILES string of the molecule is Cc1c(C)c(C)c(C)c(C)c1C.Cc1c(C)c(C)n(C)c1C. The molecule has 0 unspecified atom stereocenters. The van der Waals surface area contributed by atoms with Gasteiger partial charge in [0.1, 0.15) is 0 Å². The van der Waals surface area contributed by atoms with Gasteiger partial charge in [-0.25, -0.2) is 0 Å². The molecule has 0 spiro atoms. The van der Waals surface area contributed by atoms with Crippen molar-refractivity contribution in [2.75, 3.05) is 0 Å². The molecule has 122 valence electrons. The van der Waals surface area contributed by atoms with Crippen LogP contribution in [0, 0.1) is 69.2 Å². The fourth-order valence-electron chi connectivity index (χ4n) is 2.98. The number of hydrogen-bond donors (Lipinski definition) is 0. The van der Waals surface area contributed by atoms with E-state index in [1.807, 2.05) is 0 Å². The summed E-state index contributed by atoms with van der Waals surface area (Å²) in [4.78, 5) is 0. The van der Waals surface area contributed by atoms with Crippen LogP contribution >= 0.6 is 0 Å². The Morgan fingerprint density at radius 2 is 0.545 bits per heavy atom. The molecule has 0 radical (unpaired) electrons. The van der Waals surface area contributed by atoms with E-state index < -0.39 is 0 Å². The first-order valence-electron chi connectivity index (χ1n) is 8.14. The van der Waals surface area contributed by atoms with Crippen molar-refractivity contribution in [3.05, 3.63) is 55.9 Å². The van der Waals surface area contributed by atoms with E-state index >= 15 is 0 Å². The van der Waals surface area contributed by atoms with E-state index in [2.05, 4.69) is 80.9 Å². The fourth-order valence-corrected chi connectivity index (χ4v) is 2.98. The Labute approximate surface area is 137 Å². The van der Waals surface area contributed by atoms with Gasteiger partial charge >= 0.3 is 0 Å². The van der Waals surface area contributed by atoms with Crippen LogP contribution in [0.1, 0.15) is 55.9 Å². The second-order valence-corrected chi connectivity index (χ2v) is 6.73. The topological polar surface area (TPSA) is 4.93 Å². The van der Waals surface area contributed by atoms with E-state index in [4.69, 9.17) is 0 Å². The molecule has 1 heterocycles. The highest BCUT2D eigenvalue weighted by Crippen LogP contribution is 2.24. The van der Waals surface area contributed by atoms with Crippen LogP contribution < -0.4 is 0 Å². The van der Waals surface area contributed by atoms with Crippen molar-refractivity contribution in [2.45, 2.75) is 69.2 Å². The van der Waals surface area contributed by atoms with Crippen LogP contribution in [-0.2, 0) is 7.05 Å². The molecule has 1 nitrogen and oxygen atoms in total. The zero-order valence-electron chi connectivity index (χ0n) is 16.4. The van der Waals surface area contributed by atoms with Crippen molar-refractivity contribution in [1.82, 2.24) is 4.57 Å². The lowest BCUT2D eigenvalue weighted by Gasteiger charge is -2.15. The normalized spacial score (nSPS) is 10.5. The highest BCUT2D eigenvalue weighted by atomic mass is 15.0. The average molecular weight is 300 g/mol. The number of rotatable bonds is 0. The third kappa shape index (κ3) is 3.14. The molecule has 0 fully saturated rings. The molecule has 0 atom stereocenters. The van der Waals surface area contributed by atoms with Crippen molar-refractivity contribution in [2.24, 2.45) is 7.05 Å². The fraction of sp³-hybridized carbons (Fsp3) is 0.524. The predicted octanol–water partition coefficient (Wildman–Crippen LogP) is 5.80. The lowest BCUT2D eigenvalue weighted by molar-refractivity contribution is 0.838. The van der Waals surface area contributed by atoms with Crippen LogP contribution in [-0.4, -0.2) is 4.57 Å². The molecule has 1 heteroatoms. The van der Waals surface area contributed by atoms with Gasteiger partial charge in [-0.05, 0) is 114 Å². The Balaban J connectivity index is 0.000000224. The summed E-state index contributed by atoms with van der Waals surface area (Å²) < 4.78 is 2.24. The zero-order valence-corrected chi connectivity index (χ0v) is 16.4. The molecule has 0 aliphatic heterocycles. The predicted molar refractivity (Wildman–Crippen MR) is 99.2 cm³/mol. The van der Waals surface area contributed by atoms with E-state index in [1.165, 1.54) is 55.9 Å². The number of aromatic nitrogens is 1. The standard InChI is InChI=1S/C12H18.C9H15N/c1-7-8(2)10(4)12(6)11(5)9(7)3;1-6-7(2)9(4)10(5)8(6)3/h1-6H3;1-5H3. The number of hydrogen-bond acceptors (Lipinski definition) is 0. The summed E-state index contributed by atoms with van der Waals surface area (Å²) in [5, 5.41) is 0. The average Bonchev–Trinajstić information content (AvgIpc) is 2.67. The Morgan fingerprint density at radius 3 is 0.636 bits per heavy atom. The van der Waals surface area contributed by atoms with Gasteiger partial charge in [-0.15, -0.1) is 0 Å². The van der Waals surface area contributed by atoms with Crippen LogP contribution in [0.5, 0.6) is 0 Å². The van der Waals surface area contributed by atoms with E-state index in [0.29, 0.717) is 0 Å². The van der Waals surface area contributed by atoms with E-state index in [0.717, 1.165) is 0 Å². The molecule has 0 aliphatic carbocycles. The Hall–Kier alpha value is -1.50. The number of benzene rings is 1. The third-order valence-electron chi connectivity index (χ3n) is 6.03. The van der Waals surface area contributed by atoms with Gasteiger partial charge < -0.3 is 4.57 Å². The van der Waals surface area contributed by atoms with Crippen molar-refractivity contribution in [3.63, 3.8) is 0 Å². The molecule has 0 bridgehead atoms. The van der Waals surface area contributed by atoms with Crippen LogP contribution in [0.25, 0.3) is 0 Å². The smallest absolute Gasteiger partial charge is 0.0175 e. The second-order valence-electron chi connectivity index (χ2n) is 6.73. The van der Waals surface area contributed by atoms with Gasteiger partial charge in [-0.2, -0.15) is 0 Å². The molecule has 0 saturated heterocycles. The van der Waals surface area contributed by atoms with Crippen molar-refractivity contribution in [1.29, 1.82) is 0 Å². The van der Waals surface area contributed by atoms with Gasteiger partial charge in [0.05, 0.1) is 0 Å². The molecular formula is C21H33N. The largest absolute Gasteiger partial charge is 0.352 e. The maximum absolute atomic E-state index is 2.24. The van der Waals surface area contributed by atoms with E-state index in [1.54, 1.807) is 0 Å². The van der Waals surface area contributed by atoms with Gasteiger partial charge in [-0.1, -0.05) is 0 Å². The highest BCUT2D eigenvalue weighted by molar-refractivity contribution is 5.48. The van der Waals surface area contributed by atoms with Crippen LogP contribution in [0.15, 0.2) is 0 Å². The third-order valence-corrected chi connectivity index (χ3v) is 6.03. The molecule has 0 aliphatic rings. The quantitative estimate of drug-likeness (QED) is 0.579. The summed E-state index contributed by atoms with van der Waals surface area (Å²) in [6.07, 6.45) is 0. The minimum atomic E-state index is 1.38. The lowest BCUT2D eigenvalue weighted by atomic mass is 9.90. The molecule has 22 heavy (non-hydrogen) atoms. The van der Waals surface area contributed by atoms with Crippen LogP contribution in [0.4, 0.5) is 0 Å². The Kier molecular flexibility index (Phi) is 5.67. The van der Waals surface area contributed by atoms with Gasteiger partial charge in [0.2, 0.25) is 0 Å². The first-order chi connectivity index (χ1) is 10.0. The molecular weight excluding hydrogens is 266 g/mol. The van der Waals surface area contributed by atoms with Gasteiger partial charge in [0, 0.05) is 18.4 Å². The molecule has 2 aromatic rings. The Bertz CT molecular complexity index is 514. The lowest BCUT2D eigenvalue weighted by Crippen LogP contribution is -1.98. The summed E-state index contributed by atoms with van der Waals surface area (Å²) >= 11 is 0. The maximum Gasteiger partial charge on any atom is 0.0175 e. The van der Waals surface area contributed by atoms with Gasteiger partial charge in [0.25, 0.3) is 0 Å². The minimum Gasteiger partial charge on any atom is -0.352 e. The summed E-state index contributed by atoms with van der Waals surface area (Å²) in [5.41, 5.74) is 14.4.